The fraction of sp³-hybridized carbons (Fsp3) is 0.143. The highest BCUT2D eigenvalue weighted by Crippen LogP contribution is 2.27. The van der Waals surface area contributed by atoms with Gasteiger partial charge in [-0.2, -0.15) is 0 Å². The van der Waals surface area contributed by atoms with E-state index in [4.69, 9.17) is 23.2 Å². The highest BCUT2D eigenvalue weighted by molar-refractivity contribution is 6.42. The molecule has 0 aromatic heterocycles. The van der Waals surface area contributed by atoms with Gasteiger partial charge in [0.2, 0.25) is 0 Å². The van der Waals surface area contributed by atoms with Crippen molar-refractivity contribution in [3.05, 3.63) is 63.9 Å². The predicted molar refractivity (Wildman–Crippen MR) is 76.3 cm³/mol. The number of benzene rings is 2. The molecule has 0 amide bonds. The Kier molecular flexibility index (Phi) is 4.64. The number of hydrogen-bond acceptors (Lipinski definition) is 2. The quantitative estimate of drug-likeness (QED) is 0.883. The number of aliphatic hydroxyl groups is 1. The van der Waals surface area contributed by atoms with E-state index in [-0.39, 0.29) is 12.4 Å². The number of rotatable bonds is 4. The van der Waals surface area contributed by atoms with Crippen LogP contribution in [0.4, 0.5) is 10.1 Å². The van der Waals surface area contributed by atoms with E-state index in [9.17, 15) is 9.50 Å². The molecule has 5 heteroatoms. The van der Waals surface area contributed by atoms with Crippen molar-refractivity contribution in [2.24, 2.45) is 0 Å². The van der Waals surface area contributed by atoms with Gasteiger partial charge in [0.25, 0.3) is 0 Å². The van der Waals surface area contributed by atoms with Crippen LogP contribution in [0.3, 0.4) is 0 Å². The van der Waals surface area contributed by atoms with Crippen molar-refractivity contribution < 1.29 is 9.50 Å². The summed E-state index contributed by atoms with van der Waals surface area (Å²) in [6, 6.07) is 10.9. The summed E-state index contributed by atoms with van der Waals surface area (Å²) in [4.78, 5) is 0. The topological polar surface area (TPSA) is 32.3 Å². The van der Waals surface area contributed by atoms with Crippen LogP contribution in [0.25, 0.3) is 0 Å². The van der Waals surface area contributed by atoms with Gasteiger partial charge < -0.3 is 10.4 Å². The second-order valence-corrected chi connectivity index (χ2v) is 4.85. The molecular formula is C14H12Cl2FNO. The second kappa shape index (κ2) is 6.24. The Bertz CT molecular complexity index is 577. The molecule has 2 aromatic rings. The third-order valence-corrected chi connectivity index (χ3v) is 3.47. The van der Waals surface area contributed by atoms with Gasteiger partial charge in [0, 0.05) is 0 Å². The van der Waals surface area contributed by atoms with E-state index in [1.807, 2.05) is 0 Å². The van der Waals surface area contributed by atoms with E-state index < -0.39 is 6.04 Å². The number of para-hydroxylation sites is 1. The molecule has 2 N–H and O–H groups in total. The molecule has 0 heterocycles. The number of aliphatic hydroxyl groups excluding tert-OH is 1. The third-order valence-electron chi connectivity index (χ3n) is 2.73. The fourth-order valence-electron chi connectivity index (χ4n) is 1.73. The average Bonchev–Trinajstić information content (AvgIpc) is 2.41. The van der Waals surface area contributed by atoms with Crippen LogP contribution in [-0.4, -0.2) is 11.7 Å². The number of anilines is 1. The van der Waals surface area contributed by atoms with Crippen LogP contribution < -0.4 is 5.32 Å². The van der Waals surface area contributed by atoms with Crippen molar-refractivity contribution in [2.45, 2.75) is 6.04 Å². The van der Waals surface area contributed by atoms with Crippen molar-refractivity contribution in [1.29, 1.82) is 0 Å². The van der Waals surface area contributed by atoms with Crippen molar-refractivity contribution in [3.8, 4) is 0 Å². The zero-order valence-electron chi connectivity index (χ0n) is 9.91. The monoisotopic (exact) mass is 299 g/mol. The maximum absolute atomic E-state index is 13.6. The summed E-state index contributed by atoms with van der Waals surface area (Å²) in [5.74, 6) is -0.374. The molecule has 2 nitrogen and oxygen atoms in total. The fourth-order valence-corrected chi connectivity index (χ4v) is 2.04. The lowest BCUT2D eigenvalue weighted by atomic mass is 10.1. The largest absolute Gasteiger partial charge is 0.394 e. The lowest BCUT2D eigenvalue weighted by Crippen LogP contribution is -2.15. The molecule has 0 aliphatic heterocycles. The zero-order chi connectivity index (χ0) is 13.8. The van der Waals surface area contributed by atoms with Crippen LogP contribution >= 0.6 is 23.2 Å². The summed E-state index contributed by atoms with van der Waals surface area (Å²) < 4.78 is 13.6. The van der Waals surface area contributed by atoms with Gasteiger partial charge in [-0.3, -0.25) is 0 Å². The predicted octanol–water partition coefficient (Wildman–Crippen LogP) is 4.28. The Morgan fingerprint density at radius 1 is 1.11 bits per heavy atom. The summed E-state index contributed by atoms with van der Waals surface area (Å²) in [6.45, 7) is -0.188. The Morgan fingerprint density at radius 2 is 1.84 bits per heavy atom. The zero-order valence-corrected chi connectivity index (χ0v) is 11.4. The van der Waals surface area contributed by atoms with Crippen LogP contribution in [0.1, 0.15) is 11.6 Å². The van der Waals surface area contributed by atoms with Gasteiger partial charge in [0.1, 0.15) is 5.82 Å². The van der Waals surface area contributed by atoms with Crippen molar-refractivity contribution >= 4 is 28.9 Å². The normalized spacial score (nSPS) is 12.2. The minimum atomic E-state index is -0.452. The number of hydrogen-bond donors (Lipinski definition) is 2. The summed E-state index contributed by atoms with van der Waals surface area (Å²) in [5, 5.41) is 13.2. The molecule has 0 saturated heterocycles. The first-order chi connectivity index (χ1) is 9.11. The van der Waals surface area contributed by atoms with E-state index in [2.05, 4.69) is 5.32 Å². The SMILES string of the molecule is OCC(Nc1ccccc1F)c1ccc(Cl)c(Cl)c1. The van der Waals surface area contributed by atoms with E-state index in [0.29, 0.717) is 15.7 Å². The molecule has 0 fully saturated rings. The average molecular weight is 300 g/mol. The van der Waals surface area contributed by atoms with Crippen molar-refractivity contribution in [2.75, 3.05) is 11.9 Å². The molecule has 0 radical (unpaired) electrons. The van der Waals surface area contributed by atoms with Crippen LogP contribution in [0.15, 0.2) is 42.5 Å². The maximum Gasteiger partial charge on any atom is 0.146 e. The molecule has 0 spiro atoms. The lowest BCUT2D eigenvalue weighted by molar-refractivity contribution is 0.276. The first-order valence-corrected chi connectivity index (χ1v) is 6.44. The molecule has 2 rings (SSSR count). The third kappa shape index (κ3) is 3.38. The molecule has 2 aromatic carbocycles. The van der Waals surface area contributed by atoms with Gasteiger partial charge in [0.05, 0.1) is 28.4 Å². The smallest absolute Gasteiger partial charge is 0.146 e. The Morgan fingerprint density at radius 3 is 2.47 bits per heavy atom. The second-order valence-electron chi connectivity index (χ2n) is 4.03. The van der Waals surface area contributed by atoms with Crippen LogP contribution in [-0.2, 0) is 0 Å². The minimum absolute atomic E-state index is 0.188. The van der Waals surface area contributed by atoms with E-state index in [0.717, 1.165) is 5.56 Å². The molecule has 100 valence electrons. The molecule has 0 saturated carbocycles. The summed E-state index contributed by atoms with van der Waals surface area (Å²) in [7, 11) is 0. The molecule has 0 bridgehead atoms. The van der Waals surface area contributed by atoms with Gasteiger partial charge in [0.15, 0.2) is 0 Å². The van der Waals surface area contributed by atoms with Gasteiger partial charge in [-0.1, -0.05) is 41.4 Å². The van der Waals surface area contributed by atoms with E-state index in [1.54, 1.807) is 36.4 Å². The van der Waals surface area contributed by atoms with E-state index >= 15 is 0 Å². The van der Waals surface area contributed by atoms with Crippen LogP contribution in [0.5, 0.6) is 0 Å². The van der Waals surface area contributed by atoms with Gasteiger partial charge in [-0.05, 0) is 29.8 Å². The standard InChI is InChI=1S/C14H12Cl2FNO/c15-10-6-5-9(7-11(10)16)14(8-19)18-13-4-2-1-3-12(13)17/h1-7,14,18-19H,8H2. The summed E-state index contributed by atoms with van der Waals surface area (Å²) >= 11 is 11.8. The molecular weight excluding hydrogens is 288 g/mol. The highest BCUT2D eigenvalue weighted by Gasteiger charge is 2.13. The van der Waals surface area contributed by atoms with Crippen molar-refractivity contribution in [1.82, 2.24) is 0 Å². The van der Waals surface area contributed by atoms with Gasteiger partial charge in [-0.15, -0.1) is 0 Å². The molecule has 1 unspecified atom stereocenters. The maximum atomic E-state index is 13.6. The molecule has 1 atom stereocenters. The summed E-state index contributed by atoms with van der Waals surface area (Å²) in [5.41, 5.74) is 1.06. The summed E-state index contributed by atoms with van der Waals surface area (Å²) in [6.07, 6.45) is 0. The molecule has 0 aliphatic rings. The van der Waals surface area contributed by atoms with Gasteiger partial charge >= 0.3 is 0 Å². The first-order valence-electron chi connectivity index (χ1n) is 5.68. The highest BCUT2D eigenvalue weighted by atomic mass is 35.5. The lowest BCUT2D eigenvalue weighted by Gasteiger charge is -2.19. The van der Waals surface area contributed by atoms with Gasteiger partial charge in [-0.25, -0.2) is 4.39 Å². The Labute approximate surface area is 120 Å². The van der Waals surface area contributed by atoms with Crippen molar-refractivity contribution in [3.63, 3.8) is 0 Å². The molecule has 19 heavy (non-hydrogen) atoms. The minimum Gasteiger partial charge on any atom is -0.394 e. The van der Waals surface area contributed by atoms with Crippen LogP contribution in [0.2, 0.25) is 10.0 Å². The van der Waals surface area contributed by atoms with E-state index in [1.165, 1.54) is 6.07 Å². The Hall–Kier alpha value is -1.29. The van der Waals surface area contributed by atoms with Crippen LogP contribution in [0, 0.1) is 5.82 Å². The number of nitrogens with one attached hydrogen (secondary N) is 1. The first kappa shape index (κ1) is 14.1. The molecule has 0 aliphatic carbocycles. The number of halogens is 3. The Balaban J connectivity index is 2.25.